The molecule has 3 rings (SSSR count). The van der Waals surface area contributed by atoms with Crippen LogP contribution in [0.4, 0.5) is 0 Å². The fraction of sp³-hybridized carbons (Fsp3) is 0.211. The molecule has 0 aliphatic heterocycles. The normalized spacial score (nSPS) is 20.5. The number of benzene rings is 2. The number of hydrogen-bond donors (Lipinski definition) is 0. The lowest BCUT2D eigenvalue weighted by Gasteiger charge is -2.25. The van der Waals surface area contributed by atoms with Gasteiger partial charge in [-0.1, -0.05) is 48.5 Å². The molecule has 0 N–H and O–H groups in total. The van der Waals surface area contributed by atoms with Gasteiger partial charge in [0.05, 0.1) is 0 Å². The molecule has 1 aliphatic carbocycles. The van der Waals surface area contributed by atoms with Crippen molar-refractivity contribution in [3.05, 3.63) is 71.8 Å². The van der Waals surface area contributed by atoms with Gasteiger partial charge in [0.15, 0.2) is 5.78 Å². The van der Waals surface area contributed by atoms with E-state index < -0.39 is 0 Å². The maximum Gasteiger partial charge on any atom is 0.162 e. The number of ketones is 1. The first-order chi connectivity index (χ1) is 10.3. The molecule has 0 radical (unpaired) electrons. The molecule has 1 aliphatic rings. The van der Waals surface area contributed by atoms with Crippen LogP contribution >= 0.6 is 0 Å². The van der Waals surface area contributed by atoms with Crippen LogP contribution in [0.5, 0.6) is 5.75 Å². The fourth-order valence-corrected chi connectivity index (χ4v) is 2.62. The van der Waals surface area contributed by atoms with E-state index in [1.165, 1.54) is 0 Å². The summed E-state index contributed by atoms with van der Waals surface area (Å²) in [5.41, 5.74) is 1.83. The van der Waals surface area contributed by atoms with Crippen LogP contribution < -0.4 is 4.74 Å². The number of para-hydroxylation sites is 1. The molecule has 2 aromatic rings. The predicted molar refractivity (Wildman–Crippen MR) is 84.1 cm³/mol. The fourth-order valence-electron chi connectivity index (χ4n) is 2.62. The Balaban J connectivity index is 1.86. The van der Waals surface area contributed by atoms with E-state index in [-0.39, 0.29) is 11.9 Å². The minimum Gasteiger partial charge on any atom is -0.486 e. The van der Waals surface area contributed by atoms with Crippen LogP contribution in [0.1, 0.15) is 24.8 Å². The molecule has 0 heterocycles. The average Bonchev–Trinajstić information content (AvgIpc) is 2.53. The molecule has 1 fully saturated rings. The van der Waals surface area contributed by atoms with Gasteiger partial charge in [-0.25, -0.2) is 0 Å². The third-order valence-corrected chi connectivity index (χ3v) is 3.68. The van der Waals surface area contributed by atoms with Gasteiger partial charge in [-0.05, 0) is 36.6 Å². The van der Waals surface area contributed by atoms with Crippen LogP contribution in [-0.4, -0.2) is 11.9 Å². The van der Waals surface area contributed by atoms with Gasteiger partial charge in [0, 0.05) is 12.0 Å². The Labute approximate surface area is 125 Å². The lowest BCUT2D eigenvalue weighted by molar-refractivity contribution is -0.117. The highest BCUT2D eigenvalue weighted by Gasteiger charge is 2.27. The second-order valence-corrected chi connectivity index (χ2v) is 5.25. The van der Waals surface area contributed by atoms with Gasteiger partial charge in [0.25, 0.3) is 0 Å². The summed E-state index contributed by atoms with van der Waals surface area (Å²) >= 11 is 0. The second kappa shape index (κ2) is 6.40. The van der Waals surface area contributed by atoms with Crippen molar-refractivity contribution in [2.75, 3.05) is 0 Å². The Hall–Kier alpha value is -2.35. The van der Waals surface area contributed by atoms with Crippen LogP contribution in [0, 0.1) is 0 Å². The Morgan fingerprint density at radius 1 is 0.952 bits per heavy atom. The van der Waals surface area contributed by atoms with Gasteiger partial charge in [-0.15, -0.1) is 0 Å². The highest BCUT2D eigenvalue weighted by Crippen LogP contribution is 2.27. The minimum absolute atomic E-state index is 0.145. The van der Waals surface area contributed by atoms with E-state index in [4.69, 9.17) is 4.74 Å². The summed E-state index contributed by atoms with van der Waals surface area (Å²) in [6.45, 7) is 0. The van der Waals surface area contributed by atoms with E-state index in [1.54, 1.807) is 0 Å². The van der Waals surface area contributed by atoms with E-state index in [0.29, 0.717) is 6.42 Å². The number of carbonyl (C=O) groups excluding carboxylic acids is 1. The molecule has 106 valence electrons. The van der Waals surface area contributed by atoms with Gasteiger partial charge in [0.1, 0.15) is 11.9 Å². The molecule has 2 heteroatoms. The molecule has 2 nitrogen and oxygen atoms in total. The number of hydrogen-bond acceptors (Lipinski definition) is 2. The van der Waals surface area contributed by atoms with Gasteiger partial charge in [-0.2, -0.15) is 0 Å². The van der Waals surface area contributed by atoms with Crippen LogP contribution in [-0.2, 0) is 4.79 Å². The van der Waals surface area contributed by atoms with Crippen molar-refractivity contribution in [3.8, 4) is 5.75 Å². The van der Waals surface area contributed by atoms with Crippen molar-refractivity contribution in [1.29, 1.82) is 0 Å². The van der Waals surface area contributed by atoms with Gasteiger partial charge >= 0.3 is 0 Å². The lowest BCUT2D eigenvalue weighted by atomic mass is 9.89. The number of ether oxygens (including phenoxy) is 1. The highest BCUT2D eigenvalue weighted by molar-refractivity contribution is 6.01. The lowest BCUT2D eigenvalue weighted by Crippen LogP contribution is -2.28. The summed E-state index contributed by atoms with van der Waals surface area (Å²) in [5.74, 6) is 1.02. The second-order valence-electron chi connectivity index (χ2n) is 5.25. The van der Waals surface area contributed by atoms with Crippen molar-refractivity contribution < 1.29 is 9.53 Å². The summed E-state index contributed by atoms with van der Waals surface area (Å²) < 4.78 is 6.02. The standard InChI is InChI=1S/C19H18O2/c20-18-12-7-13-19(21-16-10-5-2-6-11-16)17(18)14-15-8-3-1-4-9-15/h1-6,8-11,14,19H,7,12-13H2. The Kier molecular flexibility index (Phi) is 4.15. The molecule has 21 heavy (non-hydrogen) atoms. The molecule has 0 saturated heterocycles. The molecule has 2 aromatic carbocycles. The Morgan fingerprint density at radius 3 is 2.33 bits per heavy atom. The maximum atomic E-state index is 12.3. The van der Waals surface area contributed by atoms with Crippen LogP contribution in [0.2, 0.25) is 0 Å². The summed E-state index contributed by atoms with van der Waals surface area (Å²) in [6, 6.07) is 19.7. The monoisotopic (exact) mass is 278 g/mol. The maximum absolute atomic E-state index is 12.3. The third-order valence-electron chi connectivity index (χ3n) is 3.68. The van der Waals surface area contributed by atoms with E-state index in [0.717, 1.165) is 29.7 Å². The first-order valence-corrected chi connectivity index (χ1v) is 7.34. The molecule has 1 unspecified atom stereocenters. The summed E-state index contributed by atoms with van der Waals surface area (Å²) in [5, 5.41) is 0. The van der Waals surface area contributed by atoms with E-state index >= 15 is 0 Å². The van der Waals surface area contributed by atoms with Gasteiger partial charge in [-0.3, -0.25) is 4.79 Å². The van der Waals surface area contributed by atoms with E-state index in [1.807, 2.05) is 66.7 Å². The molecule has 1 atom stereocenters. The zero-order chi connectivity index (χ0) is 14.5. The average molecular weight is 278 g/mol. The zero-order valence-corrected chi connectivity index (χ0v) is 11.9. The molecule has 0 aromatic heterocycles. The van der Waals surface area contributed by atoms with Crippen molar-refractivity contribution in [1.82, 2.24) is 0 Å². The zero-order valence-electron chi connectivity index (χ0n) is 11.9. The van der Waals surface area contributed by atoms with E-state index in [9.17, 15) is 4.79 Å². The number of carbonyl (C=O) groups is 1. The molecule has 0 bridgehead atoms. The quantitative estimate of drug-likeness (QED) is 0.784. The molecule has 0 amide bonds. The summed E-state index contributed by atoms with van der Waals surface area (Å²) in [6.07, 6.45) is 4.22. The summed E-state index contributed by atoms with van der Waals surface area (Å²) in [4.78, 5) is 12.3. The van der Waals surface area contributed by atoms with Gasteiger partial charge in [0.2, 0.25) is 0 Å². The molecule has 0 spiro atoms. The van der Waals surface area contributed by atoms with Crippen molar-refractivity contribution in [3.63, 3.8) is 0 Å². The predicted octanol–water partition coefficient (Wildman–Crippen LogP) is 4.27. The minimum atomic E-state index is -0.145. The topological polar surface area (TPSA) is 26.3 Å². The van der Waals surface area contributed by atoms with Crippen LogP contribution in [0.15, 0.2) is 66.2 Å². The van der Waals surface area contributed by atoms with Crippen LogP contribution in [0.25, 0.3) is 6.08 Å². The largest absolute Gasteiger partial charge is 0.486 e. The van der Waals surface area contributed by atoms with Crippen molar-refractivity contribution in [2.45, 2.75) is 25.4 Å². The summed E-state index contributed by atoms with van der Waals surface area (Å²) in [7, 11) is 0. The number of rotatable bonds is 3. The molecular weight excluding hydrogens is 260 g/mol. The first-order valence-electron chi connectivity index (χ1n) is 7.34. The van der Waals surface area contributed by atoms with E-state index in [2.05, 4.69) is 0 Å². The smallest absolute Gasteiger partial charge is 0.162 e. The third kappa shape index (κ3) is 3.40. The Bertz CT molecular complexity index is 629. The number of Topliss-reactive ketones (excluding diaryl/α,β-unsaturated/α-hetero) is 1. The first kappa shape index (κ1) is 13.6. The highest BCUT2D eigenvalue weighted by atomic mass is 16.5. The molecule has 1 saturated carbocycles. The molecular formula is C19H18O2. The Morgan fingerprint density at radius 2 is 1.62 bits per heavy atom. The van der Waals surface area contributed by atoms with Gasteiger partial charge < -0.3 is 4.74 Å². The van der Waals surface area contributed by atoms with Crippen LogP contribution in [0.3, 0.4) is 0 Å². The SMILES string of the molecule is O=C1CCCC(Oc2ccccc2)C1=Cc1ccccc1. The van der Waals surface area contributed by atoms with Crippen molar-refractivity contribution in [2.24, 2.45) is 0 Å². The van der Waals surface area contributed by atoms with Crippen molar-refractivity contribution >= 4 is 11.9 Å².